The summed E-state index contributed by atoms with van der Waals surface area (Å²) < 4.78 is 49.3. The largest absolute Gasteiger partial charge is 0.573 e. The molecule has 1 aromatic heterocycles. The van der Waals surface area contributed by atoms with Crippen LogP contribution in [0.15, 0.2) is 34.8 Å². The quantitative estimate of drug-likeness (QED) is 0.280. The van der Waals surface area contributed by atoms with Crippen molar-refractivity contribution in [3.63, 3.8) is 0 Å². The van der Waals surface area contributed by atoms with Gasteiger partial charge >= 0.3 is 6.36 Å². The van der Waals surface area contributed by atoms with Crippen LogP contribution in [-0.4, -0.2) is 6.36 Å². The Hall–Kier alpha value is -0.970. The molecule has 1 atom stereocenters. The molecule has 1 heterocycles. The van der Waals surface area contributed by atoms with Gasteiger partial charge in [-0.3, -0.25) is 0 Å². The van der Waals surface area contributed by atoms with Crippen LogP contribution >= 0.6 is 45.2 Å². The van der Waals surface area contributed by atoms with Crippen molar-refractivity contribution in [3.05, 3.63) is 43.0 Å². The molecule has 7 heteroatoms. The third-order valence-electron chi connectivity index (χ3n) is 4.90. The highest BCUT2D eigenvalue weighted by atomic mass is 127. The van der Waals surface area contributed by atoms with Gasteiger partial charge in [0.05, 0.1) is 7.14 Å². The van der Waals surface area contributed by atoms with Crippen molar-refractivity contribution in [2.24, 2.45) is 5.92 Å². The molecular formula is C20H15F3I2O2. The topological polar surface area (TPSA) is 22.4 Å². The van der Waals surface area contributed by atoms with Crippen molar-refractivity contribution in [1.29, 1.82) is 0 Å². The zero-order valence-electron chi connectivity index (χ0n) is 14.3. The van der Waals surface area contributed by atoms with E-state index in [2.05, 4.69) is 46.4 Å². The smallest absolute Gasteiger partial charge is 0.454 e. The van der Waals surface area contributed by atoms with E-state index < -0.39 is 6.36 Å². The fraction of sp³-hybridized carbons (Fsp3) is 0.300. The standard InChI is InChI=1S/C20H15F3I2O2/c1-10-2-4-11(5-3-10)12-6-7-13-14-8-9-15(27-20(21,22)23)17(25)19(14)26-18(13)16(12)24/h4,6-10H,2-3,5H2,1H3. The van der Waals surface area contributed by atoms with E-state index in [0.717, 1.165) is 39.2 Å². The Morgan fingerprint density at radius 2 is 1.70 bits per heavy atom. The SMILES string of the molecule is CC1CC=C(c2ccc3c(oc4c(I)c(OC(F)(F)F)ccc43)c2I)CC1. The minimum absolute atomic E-state index is 0.242. The van der Waals surface area contributed by atoms with Crippen molar-refractivity contribution in [2.45, 2.75) is 32.5 Å². The highest BCUT2D eigenvalue weighted by molar-refractivity contribution is 14.1. The van der Waals surface area contributed by atoms with Crippen LogP contribution < -0.4 is 4.74 Å². The molecule has 2 aromatic carbocycles. The number of hydrogen-bond acceptors (Lipinski definition) is 2. The molecule has 1 unspecified atom stereocenters. The van der Waals surface area contributed by atoms with Crippen LogP contribution in [0.4, 0.5) is 13.2 Å². The molecule has 3 aromatic rings. The fourth-order valence-electron chi connectivity index (χ4n) is 3.48. The van der Waals surface area contributed by atoms with Gasteiger partial charge in [0.25, 0.3) is 0 Å². The molecule has 0 radical (unpaired) electrons. The van der Waals surface area contributed by atoms with E-state index in [1.807, 2.05) is 28.7 Å². The maximum absolute atomic E-state index is 12.6. The lowest BCUT2D eigenvalue weighted by Crippen LogP contribution is -2.17. The van der Waals surface area contributed by atoms with Crippen molar-refractivity contribution < 1.29 is 22.3 Å². The van der Waals surface area contributed by atoms with Crippen LogP contribution in [-0.2, 0) is 0 Å². The van der Waals surface area contributed by atoms with Crippen LogP contribution in [0.1, 0.15) is 31.7 Å². The van der Waals surface area contributed by atoms with Gasteiger partial charge < -0.3 is 9.15 Å². The lowest BCUT2D eigenvalue weighted by atomic mass is 9.87. The van der Waals surface area contributed by atoms with Crippen LogP contribution in [0.2, 0.25) is 0 Å². The molecule has 0 bridgehead atoms. The van der Waals surface area contributed by atoms with E-state index in [4.69, 9.17) is 4.42 Å². The Morgan fingerprint density at radius 1 is 1.04 bits per heavy atom. The maximum Gasteiger partial charge on any atom is 0.573 e. The number of furan rings is 1. The van der Waals surface area contributed by atoms with E-state index >= 15 is 0 Å². The van der Waals surface area contributed by atoms with Gasteiger partial charge in [-0.05, 0) is 99.7 Å². The van der Waals surface area contributed by atoms with Crippen LogP contribution in [0, 0.1) is 13.1 Å². The molecule has 0 amide bonds. The average molecular weight is 598 g/mol. The molecule has 1 aliphatic rings. The first-order chi connectivity index (χ1) is 12.7. The molecule has 142 valence electrons. The van der Waals surface area contributed by atoms with E-state index in [0.29, 0.717) is 20.7 Å². The van der Waals surface area contributed by atoms with Gasteiger partial charge in [0, 0.05) is 10.8 Å². The first kappa shape index (κ1) is 19.4. The second-order valence-electron chi connectivity index (χ2n) is 6.82. The van der Waals surface area contributed by atoms with Crippen molar-refractivity contribution >= 4 is 72.7 Å². The van der Waals surface area contributed by atoms with Gasteiger partial charge in [-0.2, -0.15) is 0 Å². The number of alkyl halides is 3. The summed E-state index contributed by atoms with van der Waals surface area (Å²) >= 11 is 4.12. The monoisotopic (exact) mass is 598 g/mol. The van der Waals surface area contributed by atoms with Crippen LogP contribution in [0.3, 0.4) is 0 Å². The molecule has 4 rings (SSSR count). The summed E-state index contributed by atoms with van der Waals surface area (Å²) in [5.41, 5.74) is 3.60. The van der Waals surface area contributed by atoms with E-state index in [9.17, 15) is 13.2 Å². The second kappa shape index (κ2) is 7.13. The third-order valence-corrected chi connectivity index (χ3v) is 6.99. The van der Waals surface area contributed by atoms with E-state index in [-0.39, 0.29) is 5.75 Å². The molecule has 1 aliphatic carbocycles. The Morgan fingerprint density at radius 3 is 2.33 bits per heavy atom. The Balaban J connectivity index is 1.86. The number of fused-ring (bicyclic) bond motifs is 3. The average Bonchev–Trinajstić information content (AvgIpc) is 2.98. The molecular weight excluding hydrogens is 583 g/mol. The Kier molecular flexibility index (Phi) is 5.11. The first-order valence-electron chi connectivity index (χ1n) is 8.53. The van der Waals surface area contributed by atoms with Gasteiger partial charge in [-0.1, -0.05) is 19.1 Å². The summed E-state index contributed by atoms with van der Waals surface area (Å²) in [6, 6.07) is 7.06. The predicted molar refractivity (Wildman–Crippen MR) is 117 cm³/mol. The molecule has 0 aliphatic heterocycles. The molecule has 0 saturated carbocycles. The molecule has 0 fully saturated rings. The van der Waals surface area contributed by atoms with Gasteiger partial charge in [0.2, 0.25) is 0 Å². The zero-order chi connectivity index (χ0) is 19.3. The minimum atomic E-state index is -4.73. The highest BCUT2D eigenvalue weighted by Crippen LogP contribution is 2.42. The number of hydrogen-bond donors (Lipinski definition) is 0. The van der Waals surface area contributed by atoms with Crippen molar-refractivity contribution in [3.8, 4) is 5.75 Å². The number of rotatable bonds is 2. The minimum Gasteiger partial charge on any atom is -0.454 e. The van der Waals surface area contributed by atoms with Gasteiger partial charge in [0.15, 0.2) is 5.58 Å². The van der Waals surface area contributed by atoms with E-state index in [1.54, 1.807) is 6.07 Å². The highest BCUT2D eigenvalue weighted by Gasteiger charge is 2.32. The fourth-order valence-corrected chi connectivity index (χ4v) is 5.10. The van der Waals surface area contributed by atoms with Crippen molar-refractivity contribution in [2.75, 3.05) is 0 Å². The summed E-state index contributed by atoms with van der Waals surface area (Å²) in [4.78, 5) is 0. The Bertz CT molecular complexity index is 1070. The lowest BCUT2D eigenvalue weighted by molar-refractivity contribution is -0.274. The molecule has 0 saturated heterocycles. The molecule has 0 N–H and O–H groups in total. The van der Waals surface area contributed by atoms with E-state index in [1.165, 1.54) is 11.6 Å². The normalized spacial score (nSPS) is 18.1. The van der Waals surface area contributed by atoms with Crippen LogP contribution in [0.25, 0.3) is 27.5 Å². The Labute approximate surface area is 181 Å². The summed E-state index contributed by atoms with van der Waals surface area (Å²) in [5.74, 6) is 0.462. The van der Waals surface area contributed by atoms with Gasteiger partial charge in [-0.25, -0.2) is 0 Å². The third kappa shape index (κ3) is 3.68. The van der Waals surface area contributed by atoms with Crippen molar-refractivity contribution in [1.82, 2.24) is 0 Å². The number of halogens is 5. The molecule has 2 nitrogen and oxygen atoms in total. The number of benzene rings is 2. The maximum atomic E-state index is 12.6. The zero-order valence-corrected chi connectivity index (χ0v) is 18.6. The molecule has 27 heavy (non-hydrogen) atoms. The number of allylic oxidation sites excluding steroid dienone is 2. The molecule has 0 spiro atoms. The van der Waals surface area contributed by atoms with Gasteiger partial charge in [-0.15, -0.1) is 13.2 Å². The second-order valence-corrected chi connectivity index (χ2v) is 8.97. The number of ether oxygens (including phenoxy) is 1. The summed E-state index contributed by atoms with van der Waals surface area (Å²) in [5, 5.41) is 1.69. The summed E-state index contributed by atoms with van der Waals surface area (Å²) in [6.45, 7) is 2.25. The first-order valence-corrected chi connectivity index (χ1v) is 10.7. The summed E-state index contributed by atoms with van der Waals surface area (Å²) in [6.07, 6.45) is 0.824. The van der Waals surface area contributed by atoms with Crippen LogP contribution in [0.5, 0.6) is 5.75 Å². The lowest BCUT2D eigenvalue weighted by Gasteiger charge is -2.19. The summed E-state index contributed by atoms with van der Waals surface area (Å²) in [7, 11) is 0. The predicted octanol–water partition coefficient (Wildman–Crippen LogP) is 7.90. The van der Waals surface area contributed by atoms with Gasteiger partial charge in [0.1, 0.15) is 11.3 Å².